The number of amides is 1. The van der Waals surface area contributed by atoms with Crippen molar-refractivity contribution in [2.24, 2.45) is 5.92 Å². The van der Waals surface area contributed by atoms with E-state index in [0.717, 1.165) is 56.5 Å². The van der Waals surface area contributed by atoms with Crippen LogP contribution in [0.2, 0.25) is 0 Å². The van der Waals surface area contributed by atoms with Crippen molar-refractivity contribution >= 4 is 6.09 Å². The molecule has 0 bridgehead atoms. The molecule has 0 unspecified atom stereocenters. The van der Waals surface area contributed by atoms with Gasteiger partial charge >= 0.3 is 12.3 Å². The van der Waals surface area contributed by atoms with E-state index in [0.29, 0.717) is 5.92 Å². The summed E-state index contributed by atoms with van der Waals surface area (Å²) in [6.45, 7) is 0.735. The standard InChI is InChI=1S/C20H25F3N2O2/c1-24(2)14-4-5-15-6-10-17(11-7-15)25(3)19(26)27-18-12-8-16(9-13-18)20(21,22)23/h8-9,12-13,15,17H,6-7,10-11,14H2,1-3H3/t15-,17-. The summed E-state index contributed by atoms with van der Waals surface area (Å²) < 4.78 is 42.9. The fourth-order valence-corrected chi connectivity index (χ4v) is 2.99. The number of carbonyl (C=O) groups is 1. The molecule has 27 heavy (non-hydrogen) atoms. The predicted octanol–water partition coefficient (Wildman–Crippen LogP) is 4.26. The van der Waals surface area contributed by atoms with Gasteiger partial charge < -0.3 is 9.64 Å². The van der Waals surface area contributed by atoms with E-state index < -0.39 is 17.8 Å². The van der Waals surface area contributed by atoms with Crippen molar-refractivity contribution < 1.29 is 22.7 Å². The molecule has 1 aromatic carbocycles. The third-order valence-corrected chi connectivity index (χ3v) is 4.62. The average Bonchev–Trinajstić information content (AvgIpc) is 2.61. The molecular weight excluding hydrogens is 357 g/mol. The summed E-state index contributed by atoms with van der Waals surface area (Å²) in [6, 6.07) is 4.18. The van der Waals surface area contributed by atoms with Crippen LogP contribution in [0.15, 0.2) is 24.3 Å². The number of benzene rings is 1. The zero-order chi connectivity index (χ0) is 20.0. The fraction of sp³-hybridized carbons (Fsp3) is 0.550. The summed E-state index contributed by atoms with van der Waals surface area (Å²) in [5, 5.41) is 0. The van der Waals surface area contributed by atoms with Crippen molar-refractivity contribution in [2.45, 2.75) is 37.9 Å². The van der Waals surface area contributed by atoms with Crippen LogP contribution in [0.5, 0.6) is 5.75 Å². The summed E-state index contributed by atoms with van der Waals surface area (Å²) in [6.07, 6.45) is -1.46. The minimum absolute atomic E-state index is 0.0545. The molecule has 0 saturated heterocycles. The molecule has 2 rings (SSSR count). The first kappa shape index (κ1) is 21.1. The lowest BCUT2D eigenvalue weighted by molar-refractivity contribution is -0.137. The van der Waals surface area contributed by atoms with E-state index in [2.05, 4.69) is 11.8 Å². The van der Waals surface area contributed by atoms with E-state index in [1.54, 1.807) is 7.05 Å². The van der Waals surface area contributed by atoms with Gasteiger partial charge in [0.15, 0.2) is 0 Å². The zero-order valence-electron chi connectivity index (χ0n) is 15.8. The van der Waals surface area contributed by atoms with Crippen molar-refractivity contribution in [1.82, 2.24) is 9.80 Å². The van der Waals surface area contributed by atoms with Gasteiger partial charge in [0.25, 0.3) is 0 Å². The van der Waals surface area contributed by atoms with Gasteiger partial charge in [-0.25, -0.2) is 4.79 Å². The Morgan fingerprint density at radius 2 is 1.70 bits per heavy atom. The lowest BCUT2D eigenvalue weighted by atomic mass is 9.86. The Morgan fingerprint density at radius 3 is 2.22 bits per heavy atom. The Morgan fingerprint density at radius 1 is 1.11 bits per heavy atom. The number of halogens is 3. The highest BCUT2D eigenvalue weighted by Crippen LogP contribution is 2.31. The average molecular weight is 382 g/mol. The molecule has 148 valence electrons. The molecule has 1 aliphatic carbocycles. The molecule has 1 saturated carbocycles. The van der Waals surface area contributed by atoms with E-state index in [1.807, 2.05) is 19.0 Å². The maximum atomic E-state index is 12.6. The van der Waals surface area contributed by atoms with Crippen LogP contribution >= 0.6 is 0 Å². The van der Waals surface area contributed by atoms with Gasteiger partial charge in [-0.3, -0.25) is 4.90 Å². The minimum Gasteiger partial charge on any atom is -0.410 e. The van der Waals surface area contributed by atoms with Crippen molar-refractivity contribution in [3.05, 3.63) is 29.8 Å². The van der Waals surface area contributed by atoms with Crippen LogP contribution in [0, 0.1) is 17.8 Å². The van der Waals surface area contributed by atoms with Crippen LogP contribution in [0.25, 0.3) is 0 Å². The number of ether oxygens (including phenoxy) is 1. The summed E-state index contributed by atoms with van der Waals surface area (Å²) in [4.78, 5) is 15.8. The first-order valence-corrected chi connectivity index (χ1v) is 8.92. The molecule has 0 atom stereocenters. The molecule has 0 heterocycles. The van der Waals surface area contributed by atoms with Gasteiger partial charge in [0.1, 0.15) is 5.75 Å². The molecular formula is C20H25F3N2O2. The van der Waals surface area contributed by atoms with E-state index in [1.165, 1.54) is 4.90 Å². The number of hydrogen-bond acceptors (Lipinski definition) is 3. The molecule has 0 spiro atoms. The largest absolute Gasteiger partial charge is 0.416 e. The third-order valence-electron chi connectivity index (χ3n) is 4.62. The third kappa shape index (κ3) is 6.47. The van der Waals surface area contributed by atoms with Crippen LogP contribution in [-0.2, 0) is 6.18 Å². The topological polar surface area (TPSA) is 32.8 Å². The Kier molecular flexibility index (Phi) is 7.14. The quantitative estimate of drug-likeness (QED) is 0.733. The summed E-state index contributed by atoms with van der Waals surface area (Å²) in [7, 11) is 5.61. The first-order valence-electron chi connectivity index (χ1n) is 8.92. The first-order chi connectivity index (χ1) is 12.7. The molecule has 1 aromatic rings. The monoisotopic (exact) mass is 382 g/mol. The molecule has 0 aromatic heterocycles. The lowest BCUT2D eigenvalue weighted by Gasteiger charge is -2.32. The number of rotatable bonds is 3. The SMILES string of the molecule is CN(C)CC#C[C@H]1CC[C@H](N(C)C(=O)Oc2ccc(C(F)(F)F)cc2)CC1. The maximum absolute atomic E-state index is 12.6. The molecule has 0 aliphatic heterocycles. The summed E-state index contributed by atoms with van der Waals surface area (Å²) in [5.41, 5.74) is -0.774. The predicted molar refractivity (Wildman–Crippen MR) is 97.3 cm³/mol. The molecule has 7 heteroatoms. The highest BCUT2D eigenvalue weighted by Gasteiger charge is 2.30. The van der Waals surface area contributed by atoms with Gasteiger partial charge in [-0.1, -0.05) is 11.8 Å². The summed E-state index contributed by atoms with van der Waals surface area (Å²) in [5.74, 6) is 6.89. The highest BCUT2D eigenvalue weighted by atomic mass is 19.4. The van der Waals surface area contributed by atoms with Crippen LogP contribution < -0.4 is 4.74 Å². The fourth-order valence-electron chi connectivity index (χ4n) is 2.99. The molecule has 0 N–H and O–H groups in total. The highest BCUT2D eigenvalue weighted by molar-refractivity contribution is 5.70. The molecule has 1 aliphatic rings. The Hall–Kier alpha value is -2.20. The van der Waals surface area contributed by atoms with E-state index in [4.69, 9.17) is 4.74 Å². The second-order valence-electron chi connectivity index (χ2n) is 7.07. The molecule has 4 nitrogen and oxygen atoms in total. The Balaban J connectivity index is 1.84. The van der Waals surface area contributed by atoms with Crippen molar-refractivity contribution in [3.63, 3.8) is 0 Å². The van der Waals surface area contributed by atoms with Crippen LogP contribution in [0.3, 0.4) is 0 Å². The van der Waals surface area contributed by atoms with Gasteiger partial charge in [-0.2, -0.15) is 13.2 Å². The van der Waals surface area contributed by atoms with E-state index in [-0.39, 0.29) is 11.8 Å². The Labute approximate surface area is 158 Å². The van der Waals surface area contributed by atoms with E-state index in [9.17, 15) is 18.0 Å². The van der Waals surface area contributed by atoms with Crippen molar-refractivity contribution in [2.75, 3.05) is 27.7 Å². The van der Waals surface area contributed by atoms with Crippen LogP contribution in [0.4, 0.5) is 18.0 Å². The van der Waals surface area contributed by atoms with Gasteiger partial charge in [0.2, 0.25) is 0 Å². The van der Waals surface area contributed by atoms with Crippen LogP contribution in [0.1, 0.15) is 31.2 Å². The minimum atomic E-state index is -4.41. The zero-order valence-corrected chi connectivity index (χ0v) is 15.8. The molecule has 1 amide bonds. The normalized spacial score (nSPS) is 20.0. The number of carbonyl (C=O) groups excluding carboxylic acids is 1. The van der Waals surface area contributed by atoms with Gasteiger partial charge in [-0.15, -0.1) is 0 Å². The van der Waals surface area contributed by atoms with Gasteiger partial charge in [-0.05, 0) is 64.0 Å². The summed E-state index contributed by atoms with van der Waals surface area (Å²) >= 11 is 0. The smallest absolute Gasteiger partial charge is 0.410 e. The lowest BCUT2D eigenvalue weighted by Crippen LogP contribution is -2.41. The van der Waals surface area contributed by atoms with Crippen molar-refractivity contribution in [1.29, 1.82) is 0 Å². The number of hydrogen-bond donors (Lipinski definition) is 0. The van der Waals surface area contributed by atoms with E-state index >= 15 is 0 Å². The second-order valence-corrected chi connectivity index (χ2v) is 7.07. The van der Waals surface area contributed by atoms with Gasteiger partial charge in [0, 0.05) is 19.0 Å². The Bertz CT molecular complexity index is 682. The number of alkyl halides is 3. The molecule has 1 fully saturated rings. The van der Waals surface area contributed by atoms with Crippen molar-refractivity contribution in [3.8, 4) is 17.6 Å². The maximum Gasteiger partial charge on any atom is 0.416 e. The number of nitrogens with zero attached hydrogens (tertiary/aromatic N) is 2. The molecule has 0 radical (unpaired) electrons. The van der Waals surface area contributed by atoms with Crippen LogP contribution in [-0.4, -0.2) is 49.6 Å². The van der Waals surface area contributed by atoms with Gasteiger partial charge in [0.05, 0.1) is 12.1 Å². The second kappa shape index (κ2) is 9.14.